The van der Waals surface area contributed by atoms with Crippen LogP contribution in [0.2, 0.25) is 5.02 Å². The first kappa shape index (κ1) is 16.2. The Kier molecular flexibility index (Phi) is 4.55. The van der Waals surface area contributed by atoms with E-state index in [0.717, 1.165) is 18.9 Å². The minimum atomic E-state index is -4.11. The van der Waals surface area contributed by atoms with Crippen LogP contribution >= 0.6 is 11.6 Å². The zero-order valence-corrected chi connectivity index (χ0v) is 13.0. The summed E-state index contributed by atoms with van der Waals surface area (Å²) in [4.78, 5) is 13.5. The van der Waals surface area contributed by atoms with Gasteiger partial charge in [0.25, 0.3) is 5.91 Å². The van der Waals surface area contributed by atoms with Gasteiger partial charge in [-0.25, -0.2) is 17.9 Å². The van der Waals surface area contributed by atoms with E-state index in [9.17, 15) is 17.6 Å². The Morgan fingerprint density at radius 1 is 1.38 bits per heavy atom. The molecule has 0 bridgehead atoms. The van der Waals surface area contributed by atoms with Crippen molar-refractivity contribution < 1.29 is 17.6 Å². The van der Waals surface area contributed by atoms with E-state index in [1.54, 1.807) is 4.90 Å². The van der Waals surface area contributed by atoms with Crippen molar-refractivity contribution in [3.63, 3.8) is 0 Å². The number of benzene rings is 1. The number of rotatable bonds is 2. The van der Waals surface area contributed by atoms with Crippen LogP contribution < -0.4 is 5.14 Å². The molecule has 116 valence electrons. The molecule has 1 saturated heterocycles. The molecule has 0 unspecified atom stereocenters. The van der Waals surface area contributed by atoms with Crippen LogP contribution in [0, 0.1) is 11.7 Å². The van der Waals surface area contributed by atoms with Crippen LogP contribution in [0.1, 0.15) is 30.1 Å². The maximum absolute atomic E-state index is 13.7. The molecule has 1 amide bonds. The molecule has 0 saturated carbocycles. The predicted octanol–water partition coefficient (Wildman–Crippen LogP) is 2.00. The molecule has 1 heterocycles. The Hall–Kier alpha value is -1.18. The molecule has 1 fully saturated rings. The van der Waals surface area contributed by atoms with Gasteiger partial charge in [-0.05, 0) is 30.9 Å². The largest absolute Gasteiger partial charge is 0.339 e. The minimum absolute atomic E-state index is 0.171. The maximum atomic E-state index is 13.7. The SMILES string of the molecule is CC1CCN(C(=O)c2cc(S(N)(=O)=O)cc(F)c2Cl)CC1. The summed E-state index contributed by atoms with van der Waals surface area (Å²) in [6.07, 6.45) is 1.70. The van der Waals surface area contributed by atoms with Crippen molar-refractivity contribution in [2.45, 2.75) is 24.7 Å². The second-order valence-electron chi connectivity index (χ2n) is 5.29. The van der Waals surface area contributed by atoms with Gasteiger partial charge in [0.1, 0.15) is 5.82 Å². The first-order valence-electron chi connectivity index (χ1n) is 6.51. The van der Waals surface area contributed by atoms with Gasteiger partial charge in [0.2, 0.25) is 10.0 Å². The van der Waals surface area contributed by atoms with E-state index in [1.807, 2.05) is 0 Å². The van der Waals surface area contributed by atoms with E-state index in [2.05, 4.69) is 6.92 Å². The number of hydrogen-bond donors (Lipinski definition) is 1. The maximum Gasteiger partial charge on any atom is 0.255 e. The number of amides is 1. The predicted molar refractivity (Wildman–Crippen MR) is 77.1 cm³/mol. The summed E-state index contributed by atoms with van der Waals surface area (Å²) in [5.41, 5.74) is -0.171. The molecule has 1 aliphatic rings. The lowest BCUT2D eigenvalue weighted by Crippen LogP contribution is -2.38. The molecular weight excluding hydrogens is 319 g/mol. The van der Waals surface area contributed by atoms with Crippen LogP contribution in [-0.2, 0) is 10.0 Å². The Labute approximate surface area is 127 Å². The number of halogens is 2. The molecule has 5 nitrogen and oxygen atoms in total. The fraction of sp³-hybridized carbons (Fsp3) is 0.462. The van der Waals surface area contributed by atoms with Crippen LogP contribution in [0.25, 0.3) is 0 Å². The van der Waals surface area contributed by atoms with E-state index in [0.29, 0.717) is 25.1 Å². The number of piperidine rings is 1. The van der Waals surface area contributed by atoms with Gasteiger partial charge in [-0.2, -0.15) is 0 Å². The van der Waals surface area contributed by atoms with Gasteiger partial charge in [-0.1, -0.05) is 18.5 Å². The van der Waals surface area contributed by atoms with Crippen molar-refractivity contribution >= 4 is 27.5 Å². The quantitative estimate of drug-likeness (QED) is 0.898. The molecule has 21 heavy (non-hydrogen) atoms. The summed E-state index contributed by atoms with van der Waals surface area (Å²) in [5, 5.41) is 4.60. The third-order valence-corrected chi connectivity index (χ3v) is 4.91. The summed E-state index contributed by atoms with van der Waals surface area (Å²) in [6.45, 7) is 3.17. The number of nitrogens with zero attached hydrogens (tertiary/aromatic N) is 1. The second kappa shape index (κ2) is 5.90. The van der Waals surface area contributed by atoms with Crippen molar-refractivity contribution in [2.75, 3.05) is 13.1 Å². The van der Waals surface area contributed by atoms with Gasteiger partial charge in [0.15, 0.2) is 0 Å². The van der Waals surface area contributed by atoms with Crippen LogP contribution in [0.4, 0.5) is 4.39 Å². The first-order chi connectivity index (χ1) is 9.70. The highest BCUT2D eigenvalue weighted by Gasteiger charge is 2.26. The molecule has 1 aromatic rings. The molecule has 0 atom stereocenters. The second-order valence-corrected chi connectivity index (χ2v) is 7.23. The Balaban J connectivity index is 2.39. The van der Waals surface area contributed by atoms with E-state index in [1.165, 1.54) is 0 Å². The summed E-state index contributed by atoms with van der Waals surface area (Å²) < 4.78 is 36.4. The molecule has 1 aliphatic heterocycles. The average Bonchev–Trinajstić information content (AvgIpc) is 2.40. The average molecular weight is 335 g/mol. The van der Waals surface area contributed by atoms with Crippen molar-refractivity contribution in [1.29, 1.82) is 0 Å². The zero-order chi connectivity index (χ0) is 15.8. The fourth-order valence-electron chi connectivity index (χ4n) is 2.27. The molecule has 2 N–H and O–H groups in total. The Bertz CT molecular complexity index is 670. The van der Waals surface area contributed by atoms with E-state index in [4.69, 9.17) is 16.7 Å². The number of likely N-dealkylation sites (tertiary alicyclic amines) is 1. The Morgan fingerprint density at radius 3 is 2.48 bits per heavy atom. The molecule has 1 aromatic carbocycles. The topological polar surface area (TPSA) is 80.5 Å². The van der Waals surface area contributed by atoms with Crippen LogP contribution in [0.15, 0.2) is 17.0 Å². The molecule has 0 aromatic heterocycles. The van der Waals surface area contributed by atoms with Crippen molar-refractivity contribution in [3.8, 4) is 0 Å². The lowest BCUT2D eigenvalue weighted by molar-refractivity contribution is 0.0696. The lowest BCUT2D eigenvalue weighted by atomic mass is 9.98. The number of primary sulfonamides is 1. The number of carbonyl (C=O) groups is 1. The summed E-state index contributed by atoms with van der Waals surface area (Å²) in [7, 11) is -4.11. The molecule has 0 radical (unpaired) electrons. The van der Waals surface area contributed by atoms with Crippen LogP contribution in [0.3, 0.4) is 0 Å². The van der Waals surface area contributed by atoms with Crippen LogP contribution in [0.5, 0.6) is 0 Å². The highest BCUT2D eigenvalue weighted by Crippen LogP contribution is 2.27. The summed E-state index contributed by atoms with van der Waals surface area (Å²) in [6, 6.07) is 1.74. The molecule has 0 aliphatic carbocycles. The zero-order valence-electron chi connectivity index (χ0n) is 11.5. The van der Waals surface area contributed by atoms with E-state index >= 15 is 0 Å². The van der Waals surface area contributed by atoms with Crippen molar-refractivity contribution in [1.82, 2.24) is 4.90 Å². The van der Waals surface area contributed by atoms with Gasteiger partial charge >= 0.3 is 0 Å². The highest BCUT2D eigenvalue weighted by molar-refractivity contribution is 7.89. The van der Waals surface area contributed by atoms with Gasteiger partial charge in [0.05, 0.1) is 15.5 Å². The third kappa shape index (κ3) is 3.53. The third-order valence-electron chi connectivity index (χ3n) is 3.63. The fourth-order valence-corrected chi connectivity index (χ4v) is 3.01. The van der Waals surface area contributed by atoms with Gasteiger partial charge < -0.3 is 4.90 Å². The summed E-state index contributed by atoms with van der Waals surface area (Å²) in [5.74, 6) is -0.926. The minimum Gasteiger partial charge on any atom is -0.339 e. The number of sulfonamides is 1. The molecule has 8 heteroatoms. The Morgan fingerprint density at radius 2 is 1.95 bits per heavy atom. The monoisotopic (exact) mass is 334 g/mol. The van der Waals surface area contributed by atoms with Crippen molar-refractivity contribution in [3.05, 3.63) is 28.5 Å². The molecule has 2 rings (SSSR count). The first-order valence-corrected chi connectivity index (χ1v) is 8.43. The van der Waals surface area contributed by atoms with E-state index in [-0.39, 0.29) is 10.6 Å². The van der Waals surface area contributed by atoms with Gasteiger partial charge in [-0.3, -0.25) is 4.79 Å². The standard InChI is InChI=1S/C13H16ClFN2O3S/c1-8-2-4-17(5-3-8)13(18)10-6-9(21(16,19)20)7-11(15)12(10)14/h6-8H,2-5H2,1H3,(H2,16,19,20). The van der Waals surface area contributed by atoms with Gasteiger partial charge in [-0.15, -0.1) is 0 Å². The van der Waals surface area contributed by atoms with Crippen LogP contribution in [-0.4, -0.2) is 32.3 Å². The molecule has 0 spiro atoms. The van der Waals surface area contributed by atoms with Gasteiger partial charge in [0, 0.05) is 13.1 Å². The molecular formula is C13H16ClFN2O3S. The van der Waals surface area contributed by atoms with E-state index < -0.39 is 26.6 Å². The lowest BCUT2D eigenvalue weighted by Gasteiger charge is -2.30. The highest BCUT2D eigenvalue weighted by atomic mass is 35.5. The normalized spacial score (nSPS) is 17.0. The number of nitrogens with two attached hydrogens (primary N) is 1. The number of hydrogen-bond acceptors (Lipinski definition) is 3. The summed E-state index contributed by atoms with van der Waals surface area (Å²) >= 11 is 5.80. The smallest absolute Gasteiger partial charge is 0.255 e. The number of carbonyl (C=O) groups excluding carboxylic acids is 1. The van der Waals surface area contributed by atoms with Crippen molar-refractivity contribution in [2.24, 2.45) is 11.1 Å².